The maximum absolute atomic E-state index is 14.1. The van der Waals surface area contributed by atoms with Crippen LogP contribution in [-0.4, -0.2) is 54.8 Å². The number of rotatable bonds is 9. The van der Waals surface area contributed by atoms with E-state index in [2.05, 4.69) is 0 Å². The van der Waals surface area contributed by atoms with E-state index < -0.39 is 0 Å². The maximum atomic E-state index is 14.1. The van der Waals surface area contributed by atoms with Crippen LogP contribution in [0.4, 0.5) is 8.78 Å². The topological polar surface area (TPSA) is 32.8 Å². The summed E-state index contributed by atoms with van der Waals surface area (Å²) in [7, 11) is 1.64. The number of methoxy groups -OCH3 is 1. The van der Waals surface area contributed by atoms with Crippen molar-refractivity contribution in [3.05, 3.63) is 71.3 Å². The molecule has 1 aliphatic heterocycles. The van der Waals surface area contributed by atoms with Crippen molar-refractivity contribution < 1.29 is 18.3 Å². The molecule has 2 aromatic rings. The molecule has 1 unspecified atom stereocenters. The Kier molecular flexibility index (Phi) is 8.03. The Hall–Kier alpha value is -1.96. The smallest absolute Gasteiger partial charge is 0.237 e. The standard InChI is InChI=1S/C22H26F2N2O2S/c1-28-13-4-11-25(15-18-5-2-3-6-20(18)24)16-21(27)26-12-14-29-22(26)17-7-9-19(23)10-8-17/h2-3,5-10,22H,4,11-16H2,1H3. The lowest BCUT2D eigenvalue weighted by Crippen LogP contribution is -2.40. The van der Waals surface area contributed by atoms with Crippen LogP contribution in [0.3, 0.4) is 0 Å². The molecule has 1 heterocycles. The minimum absolute atomic E-state index is 0.00178. The Bertz CT molecular complexity index is 804. The molecule has 7 heteroatoms. The molecule has 0 spiro atoms. The first-order valence-corrected chi connectivity index (χ1v) is 10.7. The van der Waals surface area contributed by atoms with Gasteiger partial charge in [-0.2, -0.15) is 0 Å². The highest BCUT2D eigenvalue weighted by molar-refractivity contribution is 7.99. The van der Waals surface area contributed by atoms with Crippen LogP contribution in [0, 0.1) is 11.6 Å². The molecule has 2 aromatic carbocycles. The van der Waals surface area contributed by atoms with Crippen molar-refractivity contribution in [1.29, 1.82) is 0 Å². The summed E-state index contributed by atoms with van der Waals surface area (Å²) in [5, 5.41) is -0.114. The summed E-state index contributed by atoms with van der Waals surface area (Å²) in [5.74, 6) is 0.282. The van der Waals surface area contributed by atoms with Gasteiger partial charge in [0.1, 0.15) is 17.0 Å². The van der Waals surface area contributed by atoms with Crippen molar-refractivity contribution in [2.24, 2.45) is 0 Å². The van der Waals surface area contributed by atoms with Gasteiger partial charge in [0.15, 0.2) is 0 Å². The zero-order valence-electron chi connectivity index (χ0n) is 16.5. The lowest BCUT2D eigenvalue weighted by atomic mass is 10.2. The van der Waals surface area contributed by atoms with Gasteiger partial charge in [-0.05, 0) is 30.2 Å². The normalized spacial score (nSPS) is 16.6. The molecule has 0 radical (unpaired) electrons. The van der Waals surface area contributed by atoms with Crippen LogP contribution in [0.5, 0.6) is 0 Å². The van der Waals surface area contributed by atoms with Gasteiger partial charge in [-0.15, -0.1) is 11.8 Å². The number of benzene rings is 2. The van der Waals surface area contributed by atoms with Gasteiger partial charge in [0, 0.05) is 44.7 Å². The molecule has 0 aromatic heterocycles. The zero-order chi connectivity index (χ0) is 20.6. The van der Waals surface area contributed by atoms with Gasteiger partial charge in [0.05, 0.1) is 6.54 Å². The van der Waals surface area contributed by atoms with Crippen molar-refractivity contribution in [2.75, 3.05) is 39.1 Å². The van der Waals surface area contributed by atoms with Crippen molar-refractivity contribution in [2.45, 2.75) is 18.3 Å². The van der Waals surface area contributed by atoms with Crippen LogP contribution in [0.15, 0.2) is 48.5 Å². The minimum atomic E-state index is -0.288. The summed E-state index contributed by atoms with van der Waals surface area (Å²) in [6, 6.07) is 13.0. The Labute approximate surface area is 174 Å². The highest BCUT2D eigenvalue weighted by Gasteiger charge is 2.31. The second-order valence-corrected chi connectivity index (χ2v) is 8.20. The average molecular weight is 421 g/mol. The first-order valence-electron chi connectivity index (χ1n) is 9.69. The molecule has 1 amide bonds. The summed E-state index contributed by atoms with van der Waals surface area (Å²) < 4.78 is 32.5. The fourth-order valence-electron chi connectivity index (χ4n) is 3.43. The van der Waals surface area contributed by atoms with E-state index in [-0.39, 0.29) is 29.5 Å². The summed E-state index contributed by atoms with van der Waals surface area (Å²) >= 11 is 1.68. The predicted octanol–water partition coefficient (Wildman–Crippen LogP) is 4.08. The Morgan fingerprint density at radius 1 is 1.21 bits per heavy atom. The molecule has 0 aliphatic carbocycles. The molecule has 4 nitrogen and oxygen atoms in total. The molecule has 3 rings (SSSR count). The van der Waals surface area contributed by atoms with Crippen molar-refractivity contribution in [1.82, 2.24) is 9.80 Å². The SMILES string of the molecule is COCCCN(CC(=O)N1CCSC1c1ccc(F)cc1)Cc1ccccc1F. The number of thioether (sulfide) groups is 1. The van der Waals surface area contributed by atoms with Crippen LogP contribution in [0.25, 0.3) is 0 Å². The van der Waals surface area contributed by atoms with Crippen molar-refractivity contribution in [3.8, 4) is 0 Å². The quantitative estimate of drug-likeness (QED) is 0.573. The molecule has 1 atom stereocenters. The molecule has 1 fully saturated rings. The molecule has 0 N–H and O–H groups in total. The van der Waals surface area contributed by atoms with E-state index in [1.807, 2.05) is 9.80 Å². The molecular weight excluding hydrogens is 394 g/mol. The number of carbonyl (C=O) groups excluding carboxylic acids is 1. The van der Waals surface area contributed by atoms with Gasteiger partial charge in [-0.3, -0.25) is 9.69 Å². The Morgan fingerprint density at radius 2 is 1.97 bits per heavy atom. The molecule has 1 saturated heterocycles. The number of nitrogens with zero attached hydrogens (tertiary/aromatic N) is 2. The lowest BCUT2D eigenvalue weighted by molar-refractivity contribution is -0.132. The van der Waals surface area contributed by atoms with Gasteiger partial charge in [-0.1, -0.05) is 30.3 Å². The lowest BCUT2D eigenvalue weighted by Gasteiger charge is -2.28. The second kappa shape index (κ2) is 10.7. The third-order valence-corrected chi connectivity index (χ3v) is 6.16. The maximum Gasteiger partial charge on any atom is 0.237 e. The van der Waals surface area contributed by atoms with Gasteiger partial charge < -0.3 is 9.64 Å². The first-order chi connectivity index (χ1) is 14.1. The Balaban J connectivity index is 1.69. The van der Waals surface area contributed by atoms with Crippen LogP contribution >= 0.6 is 11.8 Å². The van der Waals surface area contributed by atoms with E-state index in [0.717, 1.165) is 17.7 Å². The molecule has 29 heavy (non-hydrogen) atoms. The van der Waals surface area contributed by atoms with Crippen molar-refractivity contribution in [3.63, 3.8) is 0 Å². The molecule has 156 valence electrons. The fourth-order valence-corrected chi connectivity index (χ4v) is 4.70. The number of hydrogen-bond acceptors (Lipinski definition) is 4. The van der Waals surface area contributed by atoms with Crippen LogP contribution in [0.2, 0.25) is 0 Å². The molecule has 0 saturated carbocycles. The van der Waals surface area contributed by atoms with E-state index in [9.17, 15) is 13.6 Å². The summed E-state index contributed by atoms with van der Waals surface area (Å²) in [5.41, 5.74) is 1.49. The van der Waals surface area contributed by atoms with Crippen LogP contribution < -0.4 is 0 Å². The Morgan fingerprint density at radius 3 is 2.69 bits per heavy atom. The zero-order valence-corrected chi connectivity index (χ0v) is 17.3. The molecular formula is C22H26F2N2O2S. The number of carbonyl (C=O) groups is 1. The van der Waals surface area contributed by atoms with Gasteiger partial charge in [0.25, 0.3) is 0 Å². The fraction of sp³-hybridized carbons (Fsp3) is 0.409. The number of amides is 1. The third-order valence-electron chi connectivity index (χ3n) is 4.90. The van der Waals surface area contributed by atoms with E-state index >= 15 is 0 Å². The van der Waals surface area contributed by atoms with Gasteiger partial charge in [0.2, 0.25) is 5.91 Å². The number of ether oxygens (including phenoxy) is 1. The van der Waals surface area contributed by atoms with E-state index in [1.54, 1.807) is 49.2 Å². The predicted molar refractivity (Wildman–Crippen MR) is 111 cm³/mol. The summed E-state index contributed by atoms with van der Waals surface area (Å²) in [4.78, 5) is 16.9. The number of halogens is 2. The number of hydrogen-bond donors (Lipinski definition) is 0. The van der Waals surface area contributed by atoms with E-state index in [0.29, 0.717) is 31.8 Å². The van der Waals surface area contributed by atoms with Crippen LogP contribution in [0.1, 0.15) is 22.9 Å². The van der Waals surface area contributed by atoms with Gasteiger partial charge >= 0.3 is 0 Å². The van der Waals surface area contributed by atoms with E-state index in [4.69, 9.17) is 4.74 Å². The monoisotopic (exact) mass is 420 g/mol. The minimum Gasteiger partial charge on any atom is -0.385 e. The second-order valence-electron chi connectivity index (χ2n) is 7.01. The largest absolute Gasteiger partial charge is 0.385 e. The molecule has 0 bridgehead atoms. The van der Waals surface area contributed by atoms with E-state index in [1.165, 1.54) is 18.2 Å². The highest BCUT2D eigenvalue weighted by Crippen LogP contribution is 2.38. The summed E-state index contributed by atoms with van der Waals surface area (Å²) in [6.45, 7) is 2.44. The third kappa shape index (κ3) is 6.01. The first kappa shape index (κ1) is 21.7. The van der Waals surface area contributed by atoms with Crippen molar-refractivity contribution >= 4 is 17.7 Å². The average Bonchev–Trinajstić information content (AvgIpc) is 3.20. The highest BCUT2D eigenvalue weighted by atomic mass is 32.2. The van der Waals surface area contributed by atoms with Crippen LogP contribution in [-0.2, 0) is 16.1 Å². The summed E-state index contributed by atoms with van der Waals surface area (Å²) in [6.07, 6.45) is 0.758. The van der Waals surface area contributed by atoms with Gasteiger partial charge in [-0.25, -0.2) is 8.78 Å². The molecule has 1 aliphatic rings.